The molecule has 0 saturated carbocycles. The first kappa shape index (κ1) is 16.3. The van der Waals surface area contributed by atoms with Gasteiger partial charge in [0.05, 0.1) is 24.8 Å². The molecule has 1 fully saturated rings. The summed E-state index contributed by atoms with van der Waals surface area (Å²) in [6, 6.07) is 11.7. The molecule has 2 heterocycles. The molecular formula is C20H17FN2O3. The van der Waals surface area contributed by atoms with Crippen molar-refractivity contribution >= 4 is 11.6 Å². The van der Waals surface area contributed by atoms with Gasteiger partial charge in [0.15, 0.2) is 12.2 Å². The lowest BCUT2D eigenvalue weighted by atomic mass is 9.98. The number of aromatic nitrogens is 1. The van der Waals surface area contributed by atoms with E-state index >= 15 is 0 Å². The van der Waals surface area contributed by atoms with Gasteiger partial charge in [-0.25, -0.2) is 9.37 Å². The van der Waals surface area contributed by atoms with Gasteiger partial charge in [0, 0.05) is 18.3 Å². The lowest BCUT2D eigenvalue weighted by Crippen LogP contribution is -2.26. The van der Waals surface area contributed by atoms with Gasteiger partial charge in [-0.2, -0.15) is 0 Å². The van der Waals surface area contributed by atoms with E-state index < -0.39 is 0 Å². The standard InChI is InChI=1S/C20H17FN2O3/c1-25-18-10-15(5-6-17(18)19-11-22-12-26-19)23-8-7-16(20(23)24)13-3-2-4-14(21)9-13/h2-6,9-12,16H,7-8H2,1H3/t16-/m1/s1. The maximum absolute atomic E-state index is 13.5. The van der Waals surface area contributed by atoms with Gasteiger partial charge in [-0.15, -0.1) is 0 Å². The Hall–Kier alpha value is -3.15. The SMILES string of the molecule is COc1cc(N2CC[C@H](c3cccc(F)c3)C2=O)ccc1-c1cnco1. The molecule has 1 amide bonds. The maximum atomic E-state index is 13.5. The lowest BCUT2D eigenvalue weighted by molar-refractivity contribution is -0.118. The smallest absolute Gasteiger partial charge is 0.234 e. The number of oxazole rings is 1. The predicted molar refractivity (Wildman–Crippen MR) is 94.6 cm³/mol. The molecule has 0 unspecified atom stereocenters. The van der Waals surface area contributed by atoms with E-state index in [-0.39, 0.29) is 17.6 Å². The van der Waals surface area contributed by atoms with Crippen LogP contribution in [0.5, 0.6) is 5.75 Å². The van der Waals surface area contributed by atoms with Crippen LogP contribution in [0.1, 0.15) is 17.9 Å². The number of methoxy groups -OCH3 is 1. The zero-order valence-electron chi connectivity index (χ0n) is 14.2. The fraction of sp³-hybridized carbons (Fsp3) is 0.200. The summed E-state index contributed by atoms with van der Waals surface area (Å²) in [7, 11) is 1.57. The molecule has 2 aromatic carbocycles. The molecule has 132 valence electrons. The van der Waals surface area contributed by atoms with Gasteiger partial charge in [0.25, 0.3) is 0 Å². The van der Waals surface area contributed by atoms with E-state index in [1.165, 1.54) is 18.5 Å². The number of amides is 1. The number of hydrogen-bond donors (Lipinski definition) is 0. The highest BCUT2D eigenvalue weighted by Gasteiger charge is 2.34. The maximum Gasteiger partial charge on any atom is 0.234 e. The Kier molecular flexibility index (Phi) is 4.16. The van der Waals surface area contributed by atoms with Crippen LogP contribution in [-0.4, -0.2) is 24.5 Å². The minimum absolute atomic E-state index is 0.0370. The third-order valence-electron chi connectivity index (χ3n) is 4.65. The van der Waals surface area contributed by atoms with Crippen molar-refractivity contribution in [2.24, 2.45) is 0 Å². The van der Waals surface area contributed by atoms with Crippen molar-refractivity contribution in [3.63, 3.8) is 0 Å². The van der Waals surface area contributed by atoms with Crippen LogP contribution in [0, 0.1) is 5.82 Å². The number of anilines is 1. The number of halogens is 1. The summed E-state index contributed by atoms with van der Waals surface area (Å²) in [6.45, 7) is 0.574. The molecule has 0 aliphatic carbocycles. The summed E-state index contributed by atoms with van der Waals surface area (Å²) in [6.07, 6.45) is 3.61. The Morgan fingerprint density at radius 3 is 2.88 bits per heavy atom. The fourth-order valence-electron chi connectivity index (χ4n) is 3.37. The van der Waals surface area contributed by atoms with Crippen LogP contribution < -0.4 is 9.64 Å². The quantitative estimate of drug-likeness (QED) is 0.712. The predicted octanol–water partition coefficient (Wildman–Crippen LogP) is 4.01. The van der Waals surface area contributed by atoms with E-state index in [1.807, 2.05) is 18.2 Å². The number of nitrogens with zero attached hydrogens (tertiary/aromatic N) is 2. The number of carbonyl (C=O) groups is 1. The molecule has 1 aliphatic heterocycles. The second kappa shape index (κ2) is 6.63. The highest BCUT2D eigenvalue weighted by Crippen LogP contribution is 2.37. The minimum Gasteiger partial charge on any atom is -0.496 e. The Balaban J connectivity index is 1.63. The molecule has 1 aliphatic rings. The first-order valence-electron chi connectivity index (χ1n) is 8.31. The van der Waals surface area contributed by atoms with E-state index in [2.05, 4.69) is 4.98 Å². The third kappa shape index (κ3) is 2.83. The summed E-state index contributed by atoms with van der Waals surface area (Å²) in [5.74, 6) is 0.502. The Labute approximate surface area is 150 Å². The van der Waals surface area contributed by atoms with E-state index in [0.717, 1.165) is 11.3 Å². The summed E-state index contributed by atoms with van der Waals surface area (Å²) in [5, 5.41) is 0. The average Bonchev–Trinajstić information content (AvgIpc) is 3.31. The van der Waals surface area contributed by atoms with Crippen LogP contribution in [-0.2, 0) is 4.79 Å². The Morgan fingerprint density at radius 2 is 2.15 bits per heavy atom. The molecule has 0 N–H and O–H groups in total. The summed E-state index contributed by atoms with van der Waals surface area (Å²) in [5.41, 5.74) is 2.22. The Bertz CT molecular complexity index is 940. The van der Waals surface area contributed by atoms with Crippen LogP contribution >= 0.6 is 0 Å². The van der Waals surface area contributed by atoms with Crippen LogP contribution in [0.15, 0.2) is 59.5 Å². The van der Waals surface area contributed by atoms with Gasteiger partial charge in [-0.3, -0.25) is 4.79 Å². The van der Waals surface area contributed by atoms with Crippen LogP contribution in [0.4, 0.5) is 10.1 Å². The van der Waals surface area contributed by atoms with Crippen molar-refractivity contribution in [1.82, 2.24) is 4.98 Å². The topological polar surface area (TPSA) is 55.6 Å². The molecule has 0 bridgehead atoms. The molecule has 1 aromatic heterocycles. The van der Waals surface area contributed by atoms with E-state index in [0.29, 0.717) is 30.0 Å². The zero-order chi connectivity index (χ0) is 18.1. The van der Waals surface area contributed by atoms with Crippen molar-refractivity contribution in [1.29, 1.82) is 0 Å². The number of hydrogen-bond acceptors (Lipinski definition) is 4. The number of carbonyl (C=O) groups excluding carboxylic acids is 1. The van der Waals surface area contributed by atoms with Crippen molar-refractivity contribution in [3.05, 3.63) is 66.4 Å². The average molecular weight is 352 g/mol. The molecule has 6 heteroatoms. The van der Waals surface area contributed by atoms with Gasteiger partial charge in [0.2, 0.25) is 5.91 Å². The van der Waals surface area contributed by atoms with Crippen molar-refractivity contribution in [3.8, 4) is 17.1 Å². The molecule has 5 nitrogen and oxygen atoms in total. The molecule has 4 rings (SSSR count). The number of benzene rings is 2. The third-order valence-corrected chi connectivity index (χ3v) is 4.65. The fourth-order valence-corrected chi connectivity index (χ4v) is 3.37. The zero-order valence-corrected chi connectivity index (χ0v) is 14.2. The summed E-state index contributed by atoms with van der Waals surface area (Å²) >= 11 is 0. The Morgan fingerprint density at radius 1 is 1.27 bits per heavy atom. The highest BCUT2D eigenvalue weighted by atomic mass is 19.1. The van der Waals surface area contributed by atoms with Crippen molar-refractivity contribution in [2.45, 2.75) is 12.3 Å². The summed E-state index contributed by atoms with van der Waals surface area (Å²) in [4.78, 5) is 18.5. The first-order chi connectivity index (χ1) is 12.7. The molecule has 0 spiro atoms. The molecular weight excluding hydrogens is 335 g/mol. The molecule has 3 aromatic rings. The number of rotatable bonds is 4. The largest absolute Gasteiger partial charge is 0.496 e. The first-order valence-corrected chi connectivity index (χ1v) is 8.31. The molecule has 1 saturated heterocycles. The van der Waals surface area contributed by atoms with Gasteiger partial charge in [-0.1, -0.05) is 12.1 Å². The van der Waals surface area contributed by atoms with Gasteiger partial charge in [0.1, 0.15) is 11.6 Å². The van der Waals surface area contributed by atoms with Gasteiger partial charge in [-0.05, 0) is 36.2 Å². The van der Waals surface area contributed by atoms with Crippen LogP contribution in [0.3, 0.4) is 0 Å². The van der Waals surface area contributed by atoms with Crippen LogP contribution in [0.25, 0.3) is 11.3 Å². The highest BCUT2D eigenvalue weighted by molar-refractivity contribution is 6.00. The minimum atomic E-state index is -0.328. The van der Waals surface area contributed by atoms with Gasteiger partial charge >= 0.3 is 0 Å². The molecule has 26 heavy (non-hydrogen) atoms. The monoisotopic (exact) mass is 352 g/mol. The number of ether oxygens (including phenoxy) is 1. The molecule has 1 atom stereocenters. The second-order valence-electron chi connectivity index (χ2n) is 6.14. The lowest BCUT2D eigenvalue weighted by Gasteiger charge is -2.19. The normalized spacial score (nSPS) is 16.9. The van der Waals surface area contributed by atoms with E-state index in [9.17, 15) is 9.18 Å². The second-order valence-corrected chi connectivity index (χ2v) is 6.14. The van der Waals surface area contributed by atoms with Crippen molar-refractivity contribution < 1.29 is 18.3 Å². The van der Waals surface area contributed by atoms with Crippen LogP contribution in [0.2, 0.25) is 0 Å². The van der Waals surface area contributed by atoms with Crippen molar-refractivity contribution in [2.75, 3.05) is 18.6 Å². The van der Waals surface area contributed by atoms with E-state index in [1.54, 1.807) is 30.3 Å². The molecule has 0 radical (unpaired) electrons. The summed E-state index contributed by atoms with van der Waals surface area (Å²) < 4.78 is 24.3. The van der Waals surface area contributed by atoms with E-state index in [4.69, 9.17) is 9.15 Å². The van der Waals surface area contributed by atoms with Gasteiger partial charge < -0.3 is 14.1 Å².